The number of amides is 1. The Morgan fingerprint density at radius 2 is 1.77 bits per heavy atom. The zero-order chi connectivity index (χ0) is 21.5. The van der Waals surface area contributed by atoms with Crippen molar-refractivity contribution < 1.29 is 9.53 Å². The number of carbonyl (C=O) groups is 1. The topological polar surface area (TPSA) is 56.6 Å². The van der Waals surface area contributed by atoms with Gasteiger partial charge in [0.1, 0.15) is 18.2 Å². The number of nitriles is 1. The maximum atomic E-state index is 12.9. The molecule has 1 aliphatic rings. The lowest BCUT2D eigenvalue weighted by molar-refractivity contribution is -0.126. The number of nitrogens with zero attached hydrogens (tertiary/aromatic N) is 3. The molecule has 152 valence electrons. The van der Waals surface area contributed by atoms with Crippen LogP contribution in [0.3, 0.4) is 0 Å². The molecule has 1 heterocycles. The quantitative estimate of drug-likeness (QED) is 0.396. The van der Waals surface area contributed by atoms with Crippen molar-refractivity contribution in [1.82, 2.24) is 4.90 Å². The second-order valence-electron chi connectivity index (χ2n) is 6.59. The molecular formula is C23H19Cl2N3O2. The SMILES string of the molecule is C#CCOc1c(Cl)cc(/C=C(/C#N)C(=O)N2CCN(c3ccccc3)CC2)cc1Cl. The zero-order valence-corrected chi connectivity index (χ0v) is 17.7. The van der Waals surface area contributed by atoms with Crippen LogP contribution in [0, 0.1) is 23.7 Å². The number of piperazine rings is 1. The lowest BCUT2D eigenvalue weighted by atomic mass is 10.1. The molecule has 0 unspecified atom stereocenters. The number of benzene rings is 2. The Morgan fingerprint density at radius 3 is 2.33 bits per heavy atom. The third kappa shape index (κ3) is 5.07. The molecule has 0 aliphatic carbocycles. The molecule has 0 atom stereocenters. The summed E-state index contributed by atoms with van der Waals surface area (Å²) in [7, 11) is 0. The molecular weight excluding hydrogens is 421 g/mol. The average Bonchev–Trinajstić information content (AvgIpc) is 2.77. The summed E-state index contributed by atoms with van der Waals surface area (Å²) in [5, 5.41) is 10.0. The van der Waals surface area contributed by atoms with Crippen molar-refractivity contribution in [2.45, 2.75) is 0 Å². The minimum atomic E-state index is -0.315. The maximum Gasteiger partial charge on any atom is 0.264 e. The van der Waals surface area contributed by atoms with Crippen LogP contribution < -0.4 is 9.64 Å². The van der Waals surface area contributed by atoms with Gasteiger partial charge >= 0.3 is 0 Å². The molecule has 0 bridgehead atoms. The van der Waals surface area contributed by atoms with E-state index in [0.717, 1.165) is 5.69 Å². The number of anilines is 1. The summed E-state index contributed by atoms with van der Waals surface area (Å²) in [5.41, 5.74) is 1.68. The van der Waals surface area contributed by atoms with Crippen LogP contribution in [0.2, 0.25) is 10.0 Å². The first-order chi connectivity index (χ1) is 14.5. The molecule has 7 heteroatoms. The molecule has 2 aromatic rings. The second kappa shape index (κ2) is 10.1. The maximum absolute atomic E-state index is 12.9. The lowest BCUT2D eigenvalue weighted by Crippen LogP contribution is -2.49. The van der Waals surface area contributed by atoms with Crippen LogP contribution in [0.5, 0.6) is 5.75 Å². The Labute approximate surface area is 186 Å². The molecule has 0 N–H and O–H groups in total. The van der Waals surface area contributed by atoms with E-state index in [1.54, 1.807) is 17.0 Å². The molecule has 0 spiro atoms. The summed E-state index contributed by atoms with van der Waals surface area (Å²) in [6, 6.07) is 15.2. The van der Waals surface area contributed by atoms with Crippen LogP contribution in [0.25, 0.3) is 6.08 Å². The van der Waals surface area contributed by atoms with Gasteiger partial charge in [-0.15, -0.1) is 6.42 Å². The Balaban J connectivity index is 1.72. The van der Waals surface area contributed by atoms with Gasteiger partial charge in [-0.25, -0.2) is 0 Å². The summed E-state index contributed by atoms with van der Waals surface area (Å²) in [6.07, 6.45) is 6.67. The van der Waals surface area contributed by atoms with E-state index in [2.05, 4.69) is 10.8 Å². The first kappa shape index (κ1) is 21.6. The van der Waals surface area contributed by atoms with Gasteiger partial charge in [-0.2, -0.15) is 5.26 Å². The third-order valence-electron chi connectivity index (χ3n) is 4.67. The number of ether oxygens (including phenoxy) is 1. The molecule has 1 fully saturated rings. The molecule has 1 amide bonds. The van der Waals surface area contributed by atoms with E-state index in [0.29, 0.717) is 31.7 Å². The Kier molecular flexibility index (Phi) is 7.25. The molecule has 0 aromatic heterocycles. The Bertz CT molecular complexity index is 1010. The molecule has 3 rings (SSSR count). The van der Waals surface area contributed by atoms with Crippen LogP contribution in [0.15, 0.2) is 48.0 Å². The fourth-order valence-electron chi connectivity index (χ4n) is 3.20. The number of terminal acetylenes is 1. The van der Waals surface area contributed by atoms with E-state index in [-0.39, 0.29) is 33.9 Å². The molecule has 5 nitrogen and oxygen atoms in total. The number of hydrogen-bond acceptors (Lipinski definition) is 4. The first-order valence-electron chi connectivity index (χ1n) is 9.30. The van der Waals surface area contributed by atoms with Crippen LogP contribution >= 0.6 is 23.2 Å². The number of halogens is 2. The number of hydrogen-bond donors (Lipinski definition) is 0. The third-order valence-corrected chi connectivity index (χ3v) is 5.23. The summed E-state index contributed by atoms with van der Waals surface area (Å²) in [4.78, 5) is 16.8. The van der Waals surface area contributed by atoms with E-state index < -0.39 is 0 Å². The van der Waals surface area contributed by atoms with Crippen LogP contribution in [-0.2, 0) is 4.79 Å². The zero-order valence-electron chi connectivity index (χ0n) is 16.1. The average molecular weight is 440 g/mol. The second-order valence-corrected chi connectivity index (χ2v) is 7.41. The monoisotopic (exact) mass is 439 g/mol. The van der Waals surface area contributed by atoms with Crippen molar-refractivity contribution in [2.24, 2.45) is 0 Å². The van der Waals surface area contributed by atoms with Gasteiger partial charge in [0.05, 0.1) is 10.0 Å². The highest BCUT2D eigenvalue weighted by Crippen LogP contribution is 2.35. The van der Waals surface area contributed by atoms with Gasteiger partial charge in [0.25, 0.3) is 5.91 Å². The van der Waals surface area contributed by atoms with Crippen molar-refractivity contribution in [1.29, 1.82) is 5.26 Å². The van der Waals surface area contributed by atoms with E-state index in [1.807, 2.05) is 36.4 Å². The van der Waals surface area contributed by atoms with Crippen LogP contribution in [0.4, 0.5) is 5.69 Å². The van der Waals surface area contributed by atoms with Gasteiger partial charge in [0.15, 0.2) is 5.75 Å². The van der Waals surface area contributed by atoms with Gasteiger partial charge in [0.2, 0.25) is 0 Å². The predicted molar refractivity (Wildman–Crippen MR) is 120 cm³/mol. The van der Waals surface area contributed by atoms with Crippen molar-refractivity contribution in [3.05, 3.63) is 63.6 Å². The standard InChI is InChI=1S/C23H19Cl2N3O2/c1-2-12-30-22-20(24)14-17(15-21(22)25)13-18(16-26)23(29)28-10-8-27(9-11-28)19-6-4-3-5-7-19/h1,3-7,13-15H,8-12H2/b18-13-. The van der Waals surface area contributed by atoms with Crippen molar-refractivity contribution in [2.75, 3.05) is 37.7 Å². The summed E-state index contributed by atoms with van der Waals surface area (Å²) in [6.45, 7) is 2.51. The lowest BCUT2D eigenvalue weighted by Gasteiger charge is -2.36. The Morgan fingerprint density at radius 1 is 1.13 bits per heavy atom. The highest BCUT2D eigenvalue weighted by Gasteiger charge is 2.24. The molecule has 30 heavy (non-hydrogen) atoms. The minimum absolute atomic E-state index is 0.0209. The van der Waals surface area contributed by atoms with Crippen LogP contribution in [-0.4, -0.2) is 43.6 Å². The summed E-state index contributed by atoms with van der Waals surface area (Å²) in [5.74, 6) is 2.30. The van der Waals surface area contributed by atoms with Gasteiger partial charge in [-0.3, -0.25) is 4.79 Å². The largest absolute Gasteiger partial charge is 0.478 e. The summed E-state index contributed by atoms with van der Waals surface area (Å²) < 4.78 is 5.33. The molecule has 0 saturated carbocycles. The normalized spacial score (nSPS) is 14.1. The number of carbonyl (C=O) groups excluding carboxylic acids is 1. The van der Waals surface area contributed by atoms with Gasteiger partial charge in [-0.1, -0.05) is 47.3 Å². The van der Waals surface area contributed by atoms with E-state index in [4.69, 9.17) is 34.4 Å². The van der Waals surface area contributed by atoms with Gasteiger partial charge < -0.3 is 14.5 Å². The smallest absolute Gasteiger partial charge is 0.264 e. The number of rotatable bonds is 5. The molecule has 1 saturated heterocycles. The van der Waals surface area contributed by atoms with Crippen LogP contribution in [0.1, 0.15) is 5.56 Å². The van der Waals surface area contributed by atoms with Crippen molar-refractivity contribution in [3.63, 3.8) is 0 Å². The first-order valence-corrected chi connectivity index (χ1v) is 10.1. The molecule has 0 radical (unpaired) electrons. The van der Waals surface area contributed by atoms with E-state index in [9.17, 15) is 10.1 Å². The molecule has 1 aliphatic heterocycles. The fraction of sp³-hybridized carbons (Fsp3) is 0.217. The highest BCUT2D eigenvalue weighted by molar-refractivity contribution is 6.37. The fourth-order valence-corrected chi connectivity index (χ4v) is 3.81. The van der Waals surface area contributed by atoms with Gasteiger partial charge in [0, 0.05) is 31.9 Å². The molecule has 2 aromatic carbocycles. The van der Waals surface area contributed by atoms with E-state index >= 15 is 0 Å². The van der Waals surface area contributed by atoms with Gasteiger partial charge in [-0.05, 0) is 35.9 Å². The number of para-hydroxylation sites is 1. The highest BCUT2D eigenvalue weighted by atomic mass is 35.5. The summed E-state index contributed by atoms with van der Waals surface area (Å²) >= 11 is 12.4. The Hall–Kier alpha value is -3.12. The minimum Gasteiger partial charge on any atom is -0.478 e. The van der Waals surface area contributed by atoms with E-state index in [1.165, 1.54) is 6.08 Å². The predicted octanol–water partition coefficient (Wildman–Crippen LogP) is 4.26. The van der Waals surface area contributed by atoms with Crippen molar-refractivity contribution >= 4 is 40.9 Å². The van der Waals surface area contributed by atoms with Crippen molar-refractivity contribution in [3.8, 4) is 24.2 Å².